The van der Waals surface area contributed by atoms with E-state index in [0.29, 0.717) is 9.50 Å². The lowest BCUT2D eigenvalue weighted by Gasteiger charge is -2.08. The molecule has 0 atom stereocenters. The summed E-state index contributed by atoms with van der Waals surface area (Å²) in [5.74, 6) is -0.278. The zero-order chi connectivity index (χ0) is 11.7. The predicted molar refractivity (Wildman–Crippen MR) is 72.2 cm³/mol. The van der Waals surface area contributed by atoms with Gasteiger partial charge in [-0.2, -0.15) is 0 Å². The molecule has 0 radical (unpaired) electrons. The molecule has 0 amide bonds. The molecular formula is C12H6Br2ClF. The highest BCUT2D eigenvalue weighted by atomic mass is 79.9. The average molecular weight is 364 g/mol. The fourth-order valence-corrected chi connectivity index (χ4v) is 2.79. The summed E-state index contributed by atoms with van der Waals surface area (Å²) in [4.78, 5) is 0. The molecule has 0 aliphatic carbocycles. The lowest BCUT2D eigenvalue weighted by molar-refractivity contribution is 0.622. The van der Waals surface area contributed by atoms with Crippen LogP contribution in [0, 0.1) is 5.82 Å². The molecule has 0 fully saturated rings. The molecule has 82 valence electrons. The molecule has 2 aromatic carbocycles. The molecule has 2 rings (SSSR count). The van der Waals surface area contributed by atoms with Crippen LogP contribution in [0.2, 0.25) is 5.02 Å². The molecule has 0 spiro atoms. The molecule has 0 saturated carbocycles. The summed E-state index contributed by atoms with van der Waals surface area (Å²) in [5.41, 5.74) is 1.69. The molecule has 0 saturated heterocycles. The lowest BCUT2D eigenvalue weighted by atomic mass is 10.1. The third kappa shape index (κ3) is 2.31. The van der Waals surface area contributed by atoms with Gasteiger partial charge in [-0.05, 0) is 45.3 Å². The van der Waals surface area contributed by atoms with Gasteiger partial charge in [0.15, 0.2) is 0 Å². The number of hydrogen-bond acceptors (Lipinski definition) is 0. The zero-order valence-corrected chi connectivity index (χ0v) is 11.9. The SMILES string of the molecule is Fc1cccc(-c2ccc(Cl)cc2Br)c1Br. The van der Waals surface area contributed by atoms with Gasteiger partial charge in [-0.25, -0.2) is 4.39 Å². The molecule has 0 nitrogen and oxygen atoms in total. The van der Waals surface area contributed by atoms with Crippen molar-refractivity contribution >= 4 is 43.5 Å². The van der Waals surface area contributed by atoms with Gasteiger partial charge in [0, 0.05) is 9.50 Å². The third-order valence-electron chi connectivity index (χ3n) is 2.17. The Morgan fingerprint density at radius 3 is 2.44 bits per heavy atom. The van der Waals surface area contributed by atoms with Crippen LogP contribution in [0.25, 0.3) is 11.1 Å². The molecule has 16 heavy (non-hydrogen) atoms. The molecule has 0 N–H and O–H groups in total. The minimum absolute atomic E-state index is 0.278. The number of benzene rings is 2. The van der Waals surface area contributed by atoms with Gasteiger partial charge in [-0.3, -0.25) is 0 Å². The van der Waals surface area contributed by atoms with Crippen molar-refractivity contribution in [1.29, 1.82) is 0 Å². The second kappa shape index (κ2) is 4.86. The zero-order valence-electron chi connectivity index (χ0n) is 7.98. The van der Waals surface area contributed by atoms with E-state index in [-0.39, 0.29) is 5.82 Å². The van der Waals surface area contributed by atoms with E-state index in [2.05, 4.69) is 31.9 Å². The monoisotopic (exact) mass is 362 g/mol. The molecule has 4 heteroatoms. The van der Waals surface area contributed by atoms with Crippen molar-refractivity contribution in [3.8, 4) is 11.1 Å². The van der Waals surface area contributed by atoms with Crippen LogP contribution in [0.3, 0.4) is 0 Å². The summed E-state index contributed by atoms with van der Waals surface area (Å²) in [6.07, 6.45) is 0. The van der Waals surface area contributed by atoms with Gasteiger partial charge in [0.05, 0.1) is 4.47 Å². The van der Waals surface area contributed by atoms with Gasteiger partial charge in [-0.1, -0.05) is 45.7 Å². The maximum Gasteiger partial charge on any atom is 0.138 e. The predicted octanol–water partition coefficient (Wildman–Crippen LogP) is 5.67. The Bertz CT molecular complexity index is 541. The molecule has 0 unspecified atom stereocenters. The second-order valence-corrected chi connectivity index (χ2v) is 5.31. The highest BCUT2D eigenvalue weighted by Gasteiger charge is 2.10. The largest absolute Gasteiger partial charge is 0.206 e. The maximum atomic E-state index is 13.4. The Morgan fingerprint density at radius 2 is 1.75 bits per heavy atom. The van der Waals surface area contributed by atoms with Crippen molar-refractivity contribution in [3.05, 3.63) is 56.2 Å². The first kappa shape index (κ1) is 12.1. The molecule has 0 bridgehead atoms. The van der Waals surface area contributed by atoms with Crippen LogP contribution in [0.5, 0.6) is 0 Å². The number of hydrogen-bond donors (Lipinski definition) is 0. The van der Waals surface area contributed by atoms with Gasteiger partial charge in [0.2, 0.25) is 0 Å². The molecular weight excluding hydrogens is 358 g/mol. The molecule has 0 aliphatic heterocycles. The first-order chi connectivity index (χ1) is 7.59. The van der Waals surface area contributed by atoms with Crippen LogP contribution in [0.4, 0.5) is 4.39 Å². The first-order valence-electron chi connectivity index (χ1n) is 4.49. The van der Waals surface area contributed by atoms with E-state index in [1.165, 1.54) is 6.07 Å². The van der Waals surface area contributed by atoms with E-state index >= 15 is 0 Å². The smallest absolute Gasteiger partial charge is 0.138 e. The van der Waals surface area contributed by atoms with Crippen molar-refractivity contribution in [1.82, 2.24) is 0 Å². The van der Waals surface area contributed by atoms with E-state index in [1.54, 1.807) is 18.2 Å². The van der Waals surface area contributed by atoms with Gasteiger partial charge in [0.1, 0.15) is 5.82 Å². The Balaban J connectivity index is 2.63. The fourth-order valence-electron chi connectivity index (χ4n) is 1.42. The maximum absolute atomic E-state index is 13.4. The molecule has 0 heterocycles. The minimum atomic E-state index is -0.278. The van der Waals surface area contributed by atoms with E-state index in [9.17, 15) is 4.39 Å². The summed E-state index contributed by atoms with van der Waals surface area (Å²) in [7, 11) is 0. The highest BCUT2D eigenvalue weighted by molar-refractivity contribution is 9.11. The summed E-state index contributed by atoms with van der Waals surface area (Å²) in [6, 6.07) is 10.4. The van der Waals surface area contributed by atoms with Crippen LogP contribution in [-0.2, 0) is 0 Å². The van der Waals surface area contributed by atoms with Crippen molar-refractivity contribution in [2.24, 2.45) is 0 Å². The Hall–Kier alpha value is -0.380. The third-order valence-corrected chi connectivity index (χ3v) is 3.87. The van der Waals surface area contributed by atoms with E-state index in [4.69, 9.17) is 11.6 Å². The van der Waals surface area contributed by atoms with Crippen LogP contribution in [0.15, 0.2) is 45.3 Å². The first-order valence-corrected chi connectivity index (χ1v) is 6.45. The summed E-state index contributed by atoms with van der Waals surface area (Å²) >= 11 is 12.5. The van der Waals surface area contributed by atoms with Gasteiger partial charge in [-0.15, -0.1) is 0 Å². The van der Waals surface area contributed by atoms with Crippen molar-refractivity contribution < 1.29 is 4.39 Å². The van der Waals surface area contributed by atoms with Crippen molar-refractivity contribution in [3.63, 3.8) is 0 Å². The Morgan fingerprint density at radius 1 is 1.00 bits per heavy atom. The van der Waals surface area contributed by atoms with Crippen molar-refractivity contribution in [2.45, 2.75) is 0 Å². The lowest BCUT2D eigenvalue weighted by Crippen LogP contribution is -1.85. The van der Waals surface area contributed by atoms with Crippen molar-refractivity contribution in [2.75, 3.05) is 0 Å². The van der Waals surface area contributed by atoms with Gasteiger partial charge < -0.3 is 0 Å². The molecule has 2 aromatic rings. The van der Waals surface area contributed by atoms with Crippen LogP contribution >= 0.6 is 43.5 Å². The summed E-state index contributed by atoms with van der Waals surface area (Å²) in [6.45, 7) is 0. The van der Waals surface area contributed by atoms with E-state index in [0.717, 1.165) is 15.6 Å². The Kier molecular flexibility index (Phi) is 3.67. The fraction of sp³-hybridized carbons (Fsp3) is 0. The number of halogens is 4. The number of rotatable bonds is 1. The van der Waals surface area contributed by atoms with Gasteiger partial charge in [0.25, 0.3) is 0 Å². The standard InChI is InChI=1S/C12H6Br2ClF/c13-10-6-7(15)4-5-8(10)9-2-1-3-11(16)12(9)14/h1-6H. The second-order valence-electron chi connectivity index (χ2n) is 3.23. The summed E-state index contributed by atoms with van der Waals surface area (Å²) in [5, 5.41) is 0.642. The van der Waals surface area contributed by atoms with Crippen LogP contribution in [0.1, 0.15) is 0 Å². The quantitative estimate of drug-likeness (QED) is 0.611. The Labute approximate surface area is 115 Å². The van der Waals surface area contributed by atoms with Crippen LogP contribution < -0.4 is 0 Å². The van der Waals surface area contributed by atoms with Crippen LogP contribution in [-0.4, -0.2) is 0 Å². The van der Waals surface area contributed by atoms with Gasteiger partial charge >= 0.3 is 0 Å². The minimum Gasteiger partial charge on any atom is -0.206 e. The van der Waals surface area contributed by atoms with E-state index in [1.807, 2.05) is 12.1 Å². The highest BCUT2D eigenvalue weighted by Crippen LogP contribution is 2.36. The molecule has 0 aromatic heterocycles. The summed E-state index contributed by atoms with van der Waals surface area (Å²) < 4.78 is 14.7. The topological polar surface area (TPSA) is 0 Å². The molecule has 0 aliphatic rings. The van der Waals surface area contributed by atoms with E-state index < -0.39 is 0 Å². The average Bonchev–Trinajstić information content (AvgIpc) is 2.23. The normalized spacial score (nSPS) is 10.5.